The molecule has 0 amide bonds. The summed E-state index contributed by atoms with van der Waals surface area (Å²) in [5.74, 6) is 2.06. The first-order valence-electron chi connectivity index (χ1n) is 6.66. The second kappa shape index (κ2) is 5.86. The lowest BCUT2D eigenvalue weighted by Crippen LogP contribution is -1.98. The Labute approximate surface area is 119 Å². The molecule has 2 N–H and O–H groups in total. The van der Waals surface area contributed by atoms with Gasteiger partial charge in [-0.1, -0.05) is 19.4 Å². The van der Waals surface area contributed by atoms with E-state index in [1.54, 1.807) is 18.9 Å². The average molecular weight is 275 g/mol. The molecule has 0 aliphatic rings. The molecule has 1 aromatic heterocycles. The van der Waals surface area contributed by atoms with Crippen LogP contribution in [0.1, 0.15) is 19.0 Å². The lowest BCUT2D eigenvalue weighted by molar-refractivity contribution is 0.355. The van der Waals surface area contributed by atoms with E-state index in [1.807, 2.05) is 25.2 Å². The topological polar surface area (TPSA) is 62.3 Å². The number of aromatic nitrogens is 2. The van der Waals surface area contributed by atoms with Gasteiger partial charge in [0.25, 0.3) is 0 Å². The van der Waals surface area contributed by atoms with Gasteiger partial charge < -0.3 is 15.2 Å². The molecule has 5 nitrogen and oxygen atoms in total. The third-order valence-electron chi connectivity index (χ3n) is 3.32. The van der Waals surface area contributed by atoms with Crippen molar-refractivity contribution < 1.29 is 9.47 Å². The summed E-state index contributed by atoms with van der Waals surface area (Å²) in [5.41, 5.74) is 9.15. The third-order valence-corrected chi connectivity index (χ3v) is 3.32. The second-order valence-corrected chi connectivity index (χ2v) is 4.65. The van der Waals surface area contributed by atoms with Crippen molar-refractivity contribution in [3.63, 3.8) is 0 Å². The van der Waals surface area contributed by atoms with Crippen molar-refractivity contribution in [1.82, 2.24) is 9.78 Å². The standard InChI is InChI=1S/C15H21N3O2/c1-5-6-11-14(15(16)18(2)17-11)10-7-8-12(19-3)13(9-10)20-4/h7-9H,5-6,16H2,1-4H3. The predicted octanol–water partition coefficient (Wildman–Crippen LogP) is 2.64. The minimum Gasteiger partial charge on any atom is -0.493 e. The van der Waals surface area contributed by atoms with Gasteiger partial charge in [0.2, 0.25) is 0 Å². The van der Waals surface area contributed by atoms with E-state index in [1.165, 1.54) is 0 Å². The van der Waals surface area contributed by atoms with Gasteiger partial charge in [0.05, 0.1) is 19.9 Å². The van der Waals surface area contributed by atoms with E-state index in [0.717, 1.165) is 29.7 Å². The Morgan fingerprint density at radius 2 is 1.90 bits per heavy atom. The monoisotopic (exact) mass is 275 g/mol. The second-order valence-electron chi connectivity index (χ2n) is 4.65. The molecule has 0 saturated carbocycles. The van der Waals surface area contributed by atoms with Crippen molar-refractivity contribution in [2.24, 2.45) is 7.05 Å². The summed E-state index contributed by atoms with van der Waals surface area (Å²) in [7, 11) is 5.11. The summed E-state index contributed by atoms with van der Waals surface area (Å²) in [6, 6.07) is 5.80. The van der Waals surface area contributed by atoms with Gasteiger partial charge in [-0.3, -0.25) is 4.68 Å². The Morgan fingerprint density at radius 3 is 2.50 bits per heavy atom. The molecule has 0 aliphatic carbocycles. The van der Waals surface area contributed by atoms with Crippen LogP contribution in [0, 0.1) is 0 Å². The maximum absolute atomic E-state index is 6.16. The highest BCUT2D eigenvalue weighted by molar-refractivity contribution is 5.78. The van der Waals surface area contributed by atoms with E-state index in [4.69, 9.17) is 15.2 Å². The highest BCUT2D eigenvalue weighted by atomic mass is 16.5. The Hall–Kier alpha value is -2.17. The number of hydrogen-bond acceptors (Lipinski definition) is 4. The Morgan fingerprint density at radius 1 is 1.20 bits per heavy atom. The number of nitrogens with two attached hydrogens (primary N) is 1. The van der Waals surface area contributed by atoms with Crippen LogP contribution in [0.2, 0.25) is 0 Å². The number of aryl methyl sites for hydroxylation is 2. The fourth-order valence-electron chi connectivity index (χ4n) is 2.31. The van der Waals surface area contributed by atoms with Crippen LogP contribution in [0.25, 0.3) is 11.1 Å². The van der Waals surface area contributed by atoms with Crippen LogP contribution in [0.4, 0.5) is 5.82 Å². The molecule has 5 heteroatoms. The molecule has 0 spiro atoms. The quantitative estimate of drug-likeness (QED) is 0.911. The molecule has 0 aliphatic heterocycles. The molecule has 0 fully saturated rings. The zero-order chi connectivity index (χ0) is 14.7. The summed E-state index contributed by atoms with van der Waals surface area (Å²) in [6.45, 7) is 2.13. The fourth-order valence-corrected chi connectivity index (χ4v) is 2.31. The number of rotatable bonds is 5. The van der Waals surface area contributed by atoms with Crippen molar-refractivity contribution in [3.05, 3.63) is 23.9 Å². The number of anilines is 1. The largest absolute Gasteiger partial charge is 0.493 e. The summed E-state index contributed by atoms with van der Waals surface area (Å²) < 4.78 is 12.3. The summed E-state index contributed by atoms with van der Waals surface area (Å²) in [4.78, 5) is 0. The van der Waals surface area contributed by atoms with Gasteiger partial charge in [-0.05, 0) is 24.1 Å². The predicted molar refractivity (Wildman–Crippen MR) is 80.2 cm³/mol. The van der Waals surface area contributed by atoms with Crippen LogP contribution >= 0.6 is 0 Å². The maximum atomic E-state index is 6.16. The maximum Gasteiger partial charge on any atom is 0.161 e. The van der Waals surface area contributed by atoms with E-state index in [-0.39, 0.29) is 0 Å². The third kappa shape index (κ3) is 2.43. The number of methoxy groups -OCH3 is 2. The van der Waals surface area contributed by atoms with Gasteiger partial charge in [-0.15, -0.1) is 0 Å². The zero-order valence-electron chi connectivity index (χ0n) is 12.4. The van der Waals surface area contributed by atoms with Crippen LogP contribution < -0.4 is 15.2 Å². The molecule has 108 valence electrons. The van der Waals surface area contributed by atoms with Gasteiger partial charge in [-0.2, -0.15) is 5.10 Å². The normalized spacial score (nSPS) is 10.6. The van der Waals surface area contributed by atoms with Crippen LogP contribution in [0.5, 0.6) is 11.5 Å². The van der Waals surface area contributed by atoms with Crippen molar-refractivity contribution >= 4 is 5.82 Å². The van der Waals surface area contributed by atoms with Crippen molar-refractivity contribution in [3.8, 4) is 22.6 Å². The van der Waals surface area contributed by atoms with Gasteiger partial charge in [0, 0.05) is 12.6 Å². The number of nitrogens with zero attached hydrogens (tertiary/aromatic N) is 2. The van der Waals surface area contributed by atoms with Crippen LogP contribution in [-0.2, 0) is 13.5 Å². The molecule has 2 rings (SSSR count). The van der Waals surface area contributed by atoms with Crippen molar-refractivity contribution in [2.75, 3.05) is 20.0 Å². The lowest BCUT2D eigenvalue weighted by Gasteiger charge is -2.10. The minimum absolute atomic E-state index is 0.667. The van der Waals surface area contributed by atoms with Gasteiger partial charge in [-0.25, -0.2) is 0 Å². The van der Waals surface area contributed by atoms with Gasteiger partial charge in [0.1, 0.15) is 5.82 Å². The zero-order valence-corrected chi connectivity index (χ0v) is 12.4. The first kappa shape index (κ1) is 14.2. The van der Waals surface area contributed by atoms with E-state index < -0.39 is 0 Å². The van der Waals surface area contributed by atoms with E-state index in [2.05, 4.69) is 12.0 Å². The van der Waals surface area contributed by atoms with Crippen LogP contribution in [0.3, 0.4) is 0 Å². The molecule has 0 unspecified atom stereocenters. The molecule has 0 atom stereocenters. The van der Waals surface area contributed by atoms with Gasteiger partial charge in [0.15, 0.2) is 11.5 Å². The minimum atomic E-state index is 0.667. The van der Waals surface area contributed by atoms with Crippen molar-refractivity contribution in [1.29, 1.82) is 0 Å². The number of hydrogen-bond donors (Lipinski definition) is 1. The molecule has 1 heterocycles. The molecule has 0 bridgehead atoms. The van der Waals surface area contributed by atoms with Crippen LogP contribution in [-0.4, -0.2) is 24.0 Å². The fraction of sp³-hybridized carbons (Fsp3) is 0.400. The molecule has 2 aromatic rings. The average Bonchev–Trinajstić information content (AvgIpc) is 2.73. The number of nitrogen functional groups attached to an aromatic ring is 1. The number of ether oxygens (including phenoxy) is 2. The smallest absolute Gasteiger partial charge is 0.161 e. The van der Waals surface area contributed by atoms with Crippen molar-refractivity contribution in [2.45, 2.75) is 19.8 Å². The SMILES string of the molecule is CCCc1nn(C)c(N)c1-c1ccc(OC)c(OC)c1. The van der Waals surface area contributed by atoms with Crippen LogP contribution in [0.15, 0.2) is 18.2 Å². The summed E-state index contributed by atoms with van der Waals surface area (Å²) in [5, 5.41) is 4.49. The van der Waals surface area contributed by atoms with E-state index >= 15 is 0 Å². The lowest BCUT2D eigenvalue weighted by atomic mass is 10.0. The Kier molecular flexibility index (Phi) is 4.17. The Bertz CT molecular complexity index is 605. The van der Waals surface area contributed by atoms with Gasteiger partial charge >= 0.3 is 0 Å². The summed E-state index contributed by atoms with van der Waals surface area (Å²) >= 11 is 0. The first-order valence-corrected chi connectivity index (χ1v) is 6.66. The highest BCUT2D eigenvalue weighted by Gasteiger charge is 2.16. The summed E-state index contributed by atoms with van der Waals surface area (Å²) in [6.07, 6.45) is 1.92. The number of benzene rings is 1. The molecule has 0 saturated heterocycles. The highest BCUT2D eigenvalue weighted by Crippen LogP contribution is 2.36. The van der Waals surface area contributed by atoms with E-state index in [9.17, 15) is 0 Å². The van der Waals surface area contributed by atoms with E-state index in [0.29, 0.717) is 17.3 Å². The Balaban J connectivity index is 2.56. The first-order chi connectivity index (χ1) is 9.62. The molecular formula is C15H21N3O2. The molecule has 1 aromatic carbocycles. The molecule has 20 heavy (non-hydrogen) atoms. The molecular weight excluding hydrogens is 254 g/mol. The molecule has 0 radical (unpaired) electrons.